The third-order valence-corrected chi connectivity index (χ3v) is 4.10. The predicted octanol–water partition coefficient (Wildman–Crippen LogP) is 1.54. The van der Waals surface area contributed by atoms with E-state index in [1.165, 1.54) is 0 Å². The fourth-order valence-electron chi connectivity index (χ4n) is 2.56. The monoisotopic (exact) mass is 325 g/mol. The SMILES string of the molecule is Cc1cccc(N2CC(C(=O)N[C@@H](C)CN)CC2=O)c1C.Cl. The lowest BCUT2D eigenvalue weighted by atomic mass is 10.1. The summed E-state index contributed by atoms with van der Waals surface area (Å²) in [7, 11) is 0. The Morgan fingerprint density at radius 3 is 2.77 bits per heavy atom. The number of nitrogens with two attached hydrogens (primary N) is 1. The maximum atomic E-state index is 12.2. The minimum atomic E-state index is -0.300. The summed E-state index contributed by atoms with van der Waals surface area (Å²) >= 11 is 0. The molecule has 0 spiro atoms. The molecule has 0 saturated carbocycles. The first-order valence-corrected chi connectivity index (χ1v) is 7.31. The summed E-state index contributed by atoms with van der Waals surface area (Å²) in [5.41, 5.74) is 8.64. The molecule has 1 aromatic rings. The number of hydrogen-bond donors (Lipinski definition) is 2. The fourth-order valence-corrected chi connectivity index (χ4v) is 2.56. The van der Waals surface area contributed by atoms with Crippen LogP contribution in [0.4, 0.5) is 5.69 Å². The molecule has 6 heteroatoms. The molecule has 0 radical (unpaired) electrons. The van der Waals surface area contributed by atoms with E-state index in [0.29, 0.717) is 13.1 Å². The van der Waals surface area contributed by atoms with Gasteiger partial charge < -0.3 is 16.0 Å². The van der Waals surface area contributed by atoms with Crippen LogP contribution < -0.4 is 16.0 Å². The van der Waals surface area contributed by atoms with E-state index in [0.717, 1.165) is 16.8 Å². The molecule has 3 N–H and O–H groups in total. The Bertz CT molecular complexity index is 562. The van der Waals surface area contributed by atoms with Crippen molar-refractivity contribution < 1.29 is 9.59 Å². The zero-order valence-corrected chi connectivity index (χ0v) is 14.1. The van der Waals surface area contributed by atoms with Crippen molar-refractivity contribution in [2.24, 2.45) is 11.7 Å². The Kier molecular flexibility index (Phi) is 6.38. The molecule has 1 fully saturated rings. The van der Waals surface area contributed by atoms with Crippen LogP contribution in [0.25, 0.3) is 0 Å². The van der Waals surface area contributed by atoms with Crippen LogP contribution in [0.2, 0.25) is 0 Å². The normalized spacial score (nSPS) is 18.8. The largest absolute Gasteiger partial charge is 0.352 e. The van der Waals surface area contributed by atoms with E-state index < -0.39 is 0 Å². The van der Waals surface area contributed by atoms with Crippen molar-refractivity contribution in [3.63, 3.8) is 0 Å². The van der Waals surface area contributed by atoms with Gasteiger partial charge in [-0.05, 0) is 38.0 Å². The second-order valence-corrected chi connectivity index (χ2v) is 5.77. The van der Waals surface area contributed by atoms with Crippen molar-refractivity contribution in [2.75, 3.05) is 18.0 Å². The maximum absolute atomic E-state index is 12.2. The van der Waals surface area contributed by atoms with Crippen LogP contribution >= 0.6 is 12.4 Å². The Morgan fingerprint density at radius 1 is 1.45 bits per heavy atom. The molecule has 1 heterocycles. The van der Waals surface area contributed by atoms with Crippen LogP contribution in [-0.4, -0.2) is 30.9 Å². The van der Waals surface area contributed by atoms with Crippen LogP contribution in [0, 0.1) is 19.8 Å². The molecule has 2 amide bonds. The first-order chi connectivity index (χ1) is 9.93. The number of amides is 2. The third kappa shape index (κ3) is 3.78. The van der Waals surface area contributed by atoms with Crippen LogP contribution in [0.15, 0.2) is 18.2 Å². The number of nitrogens with one attached hydrogen (secondary N) is 1. The first-order valence-electron chi connectivity index (χ1n) is 7.31. The number of aryl methyl sites for hydroxylation is 1. The smallest absolute Gasteiger partial charge is 0.227 e. The zero-order chi connectivity index (χ0) is 15.6. The lowest BCUT2D eigenvalue weighted by Gasteiger charge is -2.20. The molecule has 1 unspecified atom stereocenters. The van der Waals surface area contributed by atoms with E-state index in [1.807, 2.05) is 39.0 Å². The molecule has 5 nitrogen and oxygen atoms in total. The van der Waals surface area contributed by atoms with E-state index >= 15 is 0 Å². The minimum Gasteiger partial charge on any atom is -0.352 e. The number of carbonyl (C=O) groups excluding carboxylic acids is 2. The average Bonchev–Trinajstić information content (AvgIpc) is 2.83. The van der Waals surface area contributed by atoms with Gasteiger partial charge >= 0.3 is 0 Å². The van der Waals surface area contributed by atoms with Gasteiger partial charge in [0.25, 0.3) is 0 Å². The molecule has 1 aliphatic rings. The first kappa shape index (κ1) is 18.5. The standard InChI is InChI=1S/C16H23N3O2.ClH/c1-10-5-4-6-14(12(10)3)19-9-13(7-15(19)20)16(21)18-11(2)8-17;/h4-6,11,13H,7-9,17H2,1-3H3,(H,18,21);1H/t11-,13?;/m0./s1. The average molecular weight is 326 g/mol. The molecule has 1 aromatic carbocycles. The van der Waals surface area contributed by atoms with Crippen molar-refractivity contribution in [1.82, 2.24) is 5.32 Å². The summed E-state index contributed by atoms with van der Waals surface area (Å²) in [5.74, 6) is -0.384. The van der Waals surface area contributed by atoms with Gasteiger partial charge in [0.05, 0.1) is 5.92 Å². The van der Waals surface area contributed by atoms with Crippen molar-refractivity contribution in [3.05, 3.63) is 29.3 Å². The van der Waals surface area contributed by atoms with Crippen LogP contribution in [0.3, 0.4) is 0 Å². The summed E-state index contributed by atoms with van der Waals surface area (Å²) in [6, 6.07) is 5.83. The molecule has 0 aliphatic carbocycles. The molecule has 1 aliphatic heterocycles. The van der Waals surface area contributed by atoms with Gasteiger partial charge in [0.2, 0.25) is 11.8 Å². The molecule has 0 aromatic heterocycles. The van der Waals surface area contributed by atoms with E-state index in [-0.39, 0.29) is 42.6 Å². The second-order valence-electron chi connectivity index (χ2n) is 5.77. The molecule has 0 bridgehead atoms. The van der Waals surface area contributed by atoms with E-state index in [2.05, 4.69) is 5.32 Å². The van der Waals surface area contributed by atoms with Crippen LogP contribution in [0.5, 0.6) is 0 Å². The number of benzene rings is 1. The number of nitrogens with zero attached hydrogens (tertiary/aromatic N) is 1. The number of hydrogen-bond acceptors (Lipinski definition) is 3. The maximum Gasteiger partial charge on any atom is 0.227 e. The van der Waals surface area contributed by atoms with E-state index in [4.69, 9.17) is 5.73 Å². The summed E-state index contributed by atoms with van der Waals surface area (Å²) < 4.78 is 0. The van der Waals surface area contributed by atoms with Crippen molar-refractivity contribution >= 4 is 29.9 Å². The second kappa shape index (κ2) is 7.61. The molecular formula is C16H24ClN3O2. The van der Waals surface area contributed by atoms with Gasteiger partial charge in [-0.25, -0.2) is 0 Å². The van der Waals surface area contributed by atoms with Gasteiger partial charge in [0, 0.05) is 31.2 Å². The van der Waals surface area contributed by atoms with Gasteiger partial charge in [0.1, 0.15) is 0 Å². The summed E-state index contributed by atoms with van der Waals surface area (Å²) in [5, 5.41) is 2.85. The number of anilines is 1. The van der Waals surface area contributed by atoms with Gasteiger partial charge in [-0.15, -0.1) is 12.4 Å². The minimum absolute atomic E-state index is 0. The summed E-state index contributed by atoms with van der Waals surface area (Å²) in [6.45, 7) is 6.71. The molecule has 2 rings (SSSR count). The van der Waals surface area contributed by atoms with Gasteiger partial charge in [0.15, 0.2) is 0 Å². The fraction of sp³-hybridized carbons (Fsp3) is 0.500. The number of halogens is 1. The van der Waals surface area contributed by atoms with Crippen molar-refractivity contribution in [2.45, 2.75) is 33.2 Å². The molecular weight excluding hydrogens is 302 g/mol. The highest BCUT2D eigenvalue weighted by Gasteiger charge is 2.35. The Labute approximate surface area is 137 Å². The highest BCUT2D eigenvalue weighted by molar-refractivity contribution is 6.00. The quantitative estimate of drug-likeness (QED) is 0.881. The molecule has 1 saturated heterocycles. The van der Waals surface area contributed by atoms with E-state index in [1.54, 1.807) is 4.90 Å². The highest BCUT2D eigenvalue weighted by Crippen LogP contribution is 2.29. The Balaban J connectivity index is 0.00000242. The molecule has 22 heavy (non-hydrogen) atoms. The predicted molar refractivity (Wildman–Crippen MR) is 90.3 cm³/mol. The summed E-state index contributed by atoms with van der Waals surface area (Å²) in [6.07, 6.45) is 0.260. The van der Waals surface area contributed by atoms with Gasteiger partial charge in [-0.3, -0.25) is 9.59 Å². The van der Waals surface area contributed by atoms with Crippen molar-refractivity contribution in [3.8, 4) is 0 Å². The van der Waals surface area contributed by atoms with Gasteiger partial charge in [-0.2, -0.15) is 0 Å². The topological polar surface area (TPSA) is 75.4 Å². The van der Waals surface area contributed by atoms with E-state index in [9.17, 15) is 9.59 Å². The molecule has 122 valence electrons. The lowest BCUT2D eigenvalue weighted by molar-refractivity contribution is -0.126. The highest BCUT2D eigenvalue weighted by atomic mass is 35.5. The number of carbonyl (C=O) groups is 2. The lowest BCUT2D eigenvalue weighted by Crippen LogP contribution is -2.42. The Hall–Kier alpha value is -1.59. The summed E-state index contributed by atoms with van der Waals surface area (Å²) in [4.78, 5) is 26.1. The number of rotatable bonds is 4. The van der Waals surface area contributed by atoms with Gasteiger partial charge in [-0.1, -0.05) is 12.1 Å². The molecule has 2 atom stereocenters. The third-order valence-electron chi connectivity index (χ3n) is 4.10. The zero-order valence-electron chi connectivity index (χ0n) is 13.3. The van der Waals surface area contributed by atoms with Crippen molar-refractivity contribution in [1.29, 1.82) is 0 Å². The van der Waals surface area contributed by atoms with Crippen LogP contribution in [-0.2, 0) is 9.59 Å². The Morgan fingerprint density at radius 2 is 2.14 bits per heavy atom. The van der Waals surface area contributed by atoms with Crippen LogP contribution in [0.1, 0.15) is 24.5 Å².